The van der Waals surface area contributed by atoms with E-state index in [0.29, 0.717) is 59.6 Å². The van der Waals surface area contributed by atoms with Crippen LogP contribution in [-0.2, 0) is 4.79 Å². The van der Waals surface area contributed by atoms with Crippen LogP contribution in [0.2, 0.25) is 10.0 Å². The Morgan fingerprint density at radius 3 is 2.48 bits per heavy atom. The molecule has 2 aromatic carbocycles. The molecule has 0 aromatic heterocycles. The van der Waals surface area contributed by atoms with E-state index in [-0.39, 0.29) is 11.8 Å². The Labute approximate surface area is 180 Å². The summed E-state index contributed by atoms with van der Waals surface area (Å²) >= 11 is 12.5. The van der Waals surface area contributed by atoms with Crippen LogP contribution in [0.4, 0.5) is 11.4 Å². The van der Waals surface area contributed by atoms with Gasteiger partial charge in [-0.25, -0.2) is 0 Å². The Hall–Kier alpha value is -2.44. The van der Waals surface area contributed by atoms with E-state index >= 15 is 0 Å². The largest absolute Gasteiger partial charge is 0.496 e. The van der Waals surface area contributed by atoms with Crippen molar-refractivity contribution in [2.75, 3.05) is 43.5 Å². The van der Waals surface area contributed by atoms with Crippen LogP contribution in [0, 0.1) is 0 Å². The monoisotopic (exact) mass is 435 g/mol. The van der Waals surface area contributed by atoms with E-state index in [2.05, 4.69) is 10.2 Å². The van der Waals surface area contributed by atoms with Crippen molar-refractivity contribution in [3.63, 3.8) is 0 Å². The third kappa shape index (κ3) is 4.77. The van der Waals surface area contributed by atoms with Gasteiger partial charge < -0.3 is 19.9 Å². The highest BCUT2D eigenvalue weighted by Crippen LogP contribution is 2.35. The van der Waals surface area contributed by atoms with Crippen LogP contribution in [0.25, 0.3) is 0 Å². The van der Waals surface area contributed by atoms with Gasteiger partial charge in [-0.05, 0) is 30.3 Å². The molecule has 0 atom stereocenters. The zero-order valence-electron chi connectivity index (χ0n) is 16.4. The predicted molar refractivity (Wildman–Crippen MR) is 116 cm³/mol. The molecule has 3 rings (SSSR count). The molecule has 1 aliphatic rings. The zero-order valence-corrected chi connectivity index (χ0v) is 17.9. The number of carbonyl (C=O) groups is 2. The number of halogens is 2. The second kappa shape index (κ2) is 9.37. The first kappa shape index (κ1) is 21.3. The van der Waals surface area contributed by atoms with Gasteiger partial charge in [0.05, 0.1) is 29.1 Å². The number of piperazine rings is 1. The molecule has 2 aromatic rings. The normalized spacial score (nSPS) is 13.9. The molecule has 6 nitrogen and oxygen atoms in total. The average molecular weight is 436 g/mol. The van der Waals surface area contributed by atoms with Crippen LogP contribution in [0.5, 0.6) is 5.75 Å². The fraction of sp³-hybridized carbons (Fsp3) is 0.333. The number of anilines is 2. The van der Waals surface area contributed by atoms with Crippen molar-refractivity contribution in [2.24, 2.45) is 0 Å². The molecule has 154 valence electrons. The number of benzene rings is 2. The number of nitrogens with zero attached hydrogens (tertiary/aromatic N) is 2. The number of nitrogens with one attached hydrogen (secondary N) is 1. The molecule has 8 heteroatoms. The highest BCUT2D eigenvalue weighted by molar-refractivity contribution is 6.34. The summed E-state index contributed by atoms with van der Waals surface area (Å²) < 4.78 is 5.28. The number of carbonyl (C=O) groups excluding carboxylic acids is 2. The fourth-order valence-corrected chi connectivity index (χ4v) is 3.85. The maximum atomic E-state index is 12.9. The summed E-state index contributed by atoms with van der Waals surface area (Å²) in [6, 6.07) is 10.3. The minimum absolute atomic E-state index is 0.144. The molecular formula is C21H23Cl2N3O3. The summed E-state index contributed by atoms with van der Waals surface area (Å²) in [7, 11) is 1.50. The van der Waals surface area contributed by atoms with E-state index in [1.54, 1.807) is 36.4 Å². The highest BCUT2D eigenvalue weighted by atomic mass is 35.5. The summed E-state index contributed by atoms with van der Waals surface area (Å²) in [4.78, 5) is 28.8. The van der Waals surface area contributed by atoms with E-state index in [0.717, 1.165) is 5.69 Å². The summed E-state index contributed by atoms with van der Waals surface area (Å²) in [5.74, 6) is 0.236. The smallest absolute Gasteiger partial charge is 0.259 e. The summed E-state index contributed by atoms with van der Waals surface area (Å²) in [6.45, 7) is 4.37. The van der Waals surface area contributed by atoms with Crippen LogP contribution >= 0.6 is 23.2 Å². The number of para-hydroxylation sites is 1. The van der Waals surface area contributed by atoms with Gasteiger partial charge in [0.25, 0.3) is 5.91 Å². The quantitative estimate of drug-likeness (QED) is 0.759. The first-order valence-electron chi connectivity index (χ1n) is 9.40. The molecule has 0 radical (unpaired) electrons. The topological polar surface area (TPSA) is 61.9 Å². The number of ether oxygens (including phenoxy) is 1. The van der Waals surface area contributed by atoms with Gasteiger partial charge in [-0.1, -0.05) is 36.2 Å². The second-order valence-corrected chi connectivity index (χ2v) is 7.50. The van der Waals surface area contributed by atoms with Crippen LogP contribution in [0.15, 0.2) is 36.4 Å². The standard InChI is InChI=1S/C21H23Cl2N3O3/c1-3-19(27)25-9-11-26(12-10-25)20-16(23)5-4-6-17(20)24-21(28)15-13-14(22)7-8-18(15)29-2/h4-8,13H,3,9-12H2,1-2H3,(H,24,28). The predicted octanol–water partition coefficient (Wildman–Crippen LogP) is 4.31. The molecule has 1 N–H and O–H groups in total. The van der Waals surface area contributed by atoms with Gasteiger partial charge in [0.2, 0.25) is 5.91 Å². The number of hydrogen-bond acceptors (Lipinski definition) is 4. The molecule has 2 amide bonds. The van der Waals surface area contributed by atoms with Crippen molar-refractivity contribution >= 4 is 46.4 Å². The van der Waals surface area contributed by atoms with Gasteiger partial charge in [0, 0.05) is 37.6 Å². The van der Waals surface area contributed by atoms with Gasteiger partial charge in [-0.15, -0.1) is 0 Å². The van der Waals surface area contributed by atoms with E-state index in [1.165, 1.54) is 7.11 Å². The zero-order chi connectivity index (χ0) is 21.0. The maximum absolute atomic E-state index is 12.9. The van der Waals surface area contributed by atoms with Gasteiger partial charge in [-0.3, -0.25) is 9.59 Å². The Bertz CT molecular complexity index is 912. The lowest BCUT2D eigenvalue weighted by molar-refractivity contribution is -0.131. The van der Waals surface area contributed by atoms with E-state index < -0.39 is 0 Å². The molecule has 1 aliphatic heterocycles. The molecule has 0 saturated carbocycles. The van der Waals surface area contributed by atoms with E-state index in [9.17, 15) is 9.59 Å². The van der Waals surface area contributed by atoms with Gasteiger partial charge in [0.1, 0.15) is 5.75 Å². The molecule has 0 bridgehead atoms. The second-order valence-electron chi connectivity index (χ2n) is 6.66. The Balaban J connectivity index is 1.83. The lowest BCUT2D eigenvalue weighted by atomic mass is 10.1. The number of methoxy groups -OCH3 is 1. The molecule has 1 heterocycles. The number of rotatable bonds is 5. The average Bonchev–Trinajstić information content (AvgIpc) is 2.73. The van der Waals surface area contributed by atoms with Crippen molar-refractivity contribution in [2.45, 2.75) is 13.3 Å². The molecule has 29 heavy (non-hydrogen) atoms. The van der Waals surface area contributed by atoms with Crippen molar-refractivity contribution in [3.8, 4) is 5.75 Å². The molecule has 0 spiro atoms. The van der Waals surface area contributed by atoms with Crippen molar-refractivity contribution in [1.29, 1.82) is 0 Å². The minimum Gasteiger partial charge on any atom is -0.496 e. The first-order chi connectivity index (χ1) is 13.9. The van der Waals surface area contributed by atoms with Crippen molar-refractivity contribution in [1.82, 2.24) is 4.90 Å². The van der Waals surface area contributed by atoms with E-state index in [4.69, 9.17) is 27.9 Å². The molecule has 0 unspecified atom stereocenters. The maximum Gasteiger partial charge on any atom is 0.259 e. The van der Waals surface area contributed by atoms with Gasteiger partial charge >= 0.3 is 0 Å². The highest BCUT2D eigenvalue weighted by Gasteiger charge is 2.24. The first-order valence-corrected chi connectivity index (χ1v) is 10.2. The molecule has 1 saturated heterocycles. The summed E-state index contributed by atoms with van der Waals surface area (Å²) in [5, 5.41) is 3.91. The van der Waals surface area contributed by atoms with Crippen LogP contribution in [0.1, 0.15) is 23.7 Å². The number of hydrogen-bond donors (Lipinski definition) is 1. The third-order valence-corrected chi connectivity index (χ3v) is 5.43. The lowest BCUT2D eigenvalue weighted by Gasteiger charge is -2.37. The third-order valence-electron chi connectivity index (χ3n) is 4.89. The van der Waals surface area contributed by atoms with Crippen LogP contribution < -0.4 is 15.0 Å². The Kier molecular flexibility index (Phi) is 6.87. The van der Waals surface area contributed by atoms with Crippen LogP contribution in [0.3, 0.4) is 0 Å². The number of amides is 2. The summed E-state index contributed by atoms with van der Waals surface area (Å²) in [5.41, 5.74) is 1.68. The van der Waals surface area contributed by atoms with Crippen molar-refractivity contribution < 1.29 is 14.3 Å². The molecular weight excluding hydrogens is 413 g/mol. The minimum atomic E-state index is -0.340. The fourth-order valence-electron chi connectivity index (χ4n) is 3.39. The lowest BCUT2D eigenvalue weighted by Crippen LogP contribution is -2.48. The van der Waals surface area contributed by atoms with Gasteiger partial charge in [0.15, 0.2) is 0 Å². The molecule has 1 fully saturated rings. The summed E-state index contributed by atoms with van der Waals surface area (Å²) in [6.07, 6.45) is 0.495. The Morgan fingerprint density at radius 1 is 1.10 bits per heavy atom. The molecule has 0 aliphatic carbocycles. The van der Waals surface area contributed by atoms with E-state index in [1.807, 2.05) is 11.8 Å². The SMILES string of the molecule is CCC(=O)N1CCN(c2c(Cl)cccc2NC(=O)c2cc(Cl)ccc2OC)CC1. The van der Waals surface area contributed by atoms with Crippen molar-refractivity contribution in [3.05, 3.63) is 52.0 Å². The van der Waals surface area contributed by atoms with Crippen LogP contribution in [-0.4, -0.2) is 50.0 Å². The van der Waals surface area contributed by atoms with Gasteiger partial charge in [-0.2, -0.15) is 0 Å². The Morgan fingerprint density at radius 2 is 1.83 bits per heavy atom.